The molecule has 0 spiro atoms. The van der Waals surface area contributed by atoms with Crippen molar-refractivity contribution in [1.82, 2.24) is 15.1 Å². The average Bonchev–Trinajstić information content (AvgIpc) is 3.23. The molecule has 4 amide bonds. The first-order valence-electron chi connectivity index (χ1n) is 8.57. The second kappa shape index (κ2) is 6.22. The van der Waals surface area contributed by atoms with Crippen molar-refractivity contribution in [3.63, 3.8) is 0 Å². The number of amides is 4. The van der Waals surface area contributed by atoms with Crippen molar-refractivity contribution in [3.8, 4) is 0 Å². The van der Waals surface area contributed by atoms with Crippen molar-refractivity contribution in [2.45, 2.75) is 37.4 Å². The zero-order valence-electron chi connectivity index (χ0n) is 13.9. The maximum Gasteiger partial charge on any atom is 0.319 e. The Bertz CT molecular complexity index is 757. The molecule has 138 valence electrons. The highest BCUT2D eigenvalue weighted by molar-refractivity contribution is 5.98. The van der Waals surface area contributed by atoms with Crippen LogP contribution in [0, 0.1) is 11.6 Å². The number of hydrogen-bond acceptors (Lipinski definition) is 3. The number of benzene rings is 1. The fourth-order valence-electron chi connectivity index (χ4n) is 4.02. The number of halogens is 2. The monoisotopic (exact) mass is 364 g/mol. The van der Waals surface area contributed by atoms with Gasteiger partial charge in [0.05, 0.1) is 11.7 Å². The smallest absolute Gasteiger partial charge is 0.319 e. The van der Waals surface area contributed by atoms with Crippen molar-refractivity contribution in [1.29, 1.82) is 0 Å². The molecule has 0 saturated carbocycles. The van der Waals surface area contributed by atoms with Gasteiger partial charge in [0.15, 0.2) is 0 Å². The van der Waals surface area contributed by atoms with Crippen molar-refractivity contribution in [3.05, 3.63) is 29.8 Å². The summed E-state index contributed by atoms with van der Waals surface area (Å²) in [6.45, 7) is 0.848. The number of carbonyl (C=O) groups excluding carboxylic acids is 3. The predicted molar refractivity (Wildman–Crippen MR) is 87.2 cm³/mol. The number of piperazine rings is 1. The minimum Gasteiger partial charge on any atom is -0.333 e. The quantitative estimate of drug-likeness (QED) is 0.823. The van der Waals surface area contributed by atoms with Crippen LogP contribution in [-0.2, 0) is 9.59 Å². The largest absolute Gasteiger partial charge is 0.333 e. The average molecular weight is 364 g/mol. The summed E-state index contributed by atoms with van der Waals surface area (Å²) in [4.78, 5) is 40.4. The maximum absolute atomic E-state index is 13.6. The Kier molecular flexibility index (Phi) is 4.01. The van der Waals surface area contributed by atoms with E-state index < -0.39 is 29.7 Å². The van der Waals surface area contributed by atoms with Gasteiger partial charge in [-0.3, -0.25) is 9.59 Å². The third kappa shape index (κ3) is 2.77. The highest BCUT2D eigenvalue weighted by Gasteiger charge is 2.51. The lowest BCUT2D eigenvalue weighted by molar-refractivity contribution is -0.156. The summed E-state index contributed by atoms with van der Waals surface area (Å²) in [6, 6.07) is 0.847. The zero-order valence-corrected chi connectivity index (χ0v) is 13.9. The summed E-state index contributed by atoms with van der Waals surface area (Å²) in [5.74, 6) is -1.75. The summed E-state index contributed by atoms with van der Waals surface area (Å²) in [7, 11) is 0. The number of fused-ring (bicyclic) bond motifs is 2. The molecule has 3 heterocycles. The lowest BCUT2D eigenvalue weighted by atomic mass is 10.1. The number of nitrogens with zero attached hydrogens (tertiary/aromatic N) is 2. The van der Waals surface area contributed by atoms with Crippen LogP contribution in [0.25, 0.3) is 0 Å². The Morgan fingerprint density at radius 2 is 1.88 bits per heavy atom. The number of nitrogens with one attached hydrogen (secondary N) is 2. The molecule has 4 rings (SSSR count). The molecule has 9 heteroatoms. The molecule has 0 aliphatic carbocycles. The molecule has 0 radical (unpaired) electrons. The highest BCUT2D eigenvalue weighted by Crippen LogP contribution is 2.32. The van der Waals surface area contributed by atoms with Gasteiger partial charge in [-0.2, -0.15) is 0 Å². The molecule has 3 fully saturated rings. The number of carbonyl (C=O) groups is 3. The Labute approximate surface area is 148 Å². The van der Waals surface area contributed by atoms with Crippen molar-refractivity contribution < 1.29 is 23.2 Å². The van der Waals surface area contributed by atoms with Gasteiger partial charge in [0.25, 0.3) is 0 Å². The standard InChI is InChI=1S/C17H18F2N4O3/c18-9-3-4-12(11(19)6-9)21-17(26)20-10-7-14-16(25)22-5-1-2-13(22)15(24)23(14)8-10/h3-4,6,10,13-14H,1-2,5,7-8H2,(H2,20,21,26). The van der Waals surface area contributed by atoms with Crippen LogP contribution in [-0.4, -0.2) is 58.9 Å². The van der Waals surface area contributed by atoms with Crippen LogP contribution in [0.4, 0.5) is 19.3 Å². The summed E-state index contributed by atoms with van der Waals surface area (Å²) in [6.07, 6.45) is 1.83. The van der Waals surface area contributed by atoms with E-state index in [0.29, 0.717) is 25.5 Å². The lowest BCUT2D eigenvalue weighted by Crippen LogP contribution is -2.60. The number of hydrogen-bond donors (Lipinski definition) is 2. The molecule has 0 bridgehead atoms. The Morgan fingerprint density at radius 1 is 1.12 bits per heavy atom. The van der Waals surface area contributed by atoms with Crippen LogP contribution in [0.1, 0.15) is 19.3 Å². The molecule has 1 aromatic carbocycles. The van der Waals surface area contributed by atoms with Gasteiger partial charge < -0.3 is 20.4 Å². The fourth-order valence-corrected chi connectivity index (χ4v) is 4.02. The molecule has 26 heavy (non-hydrogen) atoms. The van der Waals surface area contributed by atoms with Gasteiger partial charge in [0.2, 0.25) is 11.8 Å². The van der Waals surface area contributed by atoms with Crippen LogP contribution in [0.3, 0.4) is 0 Å². The van der Waals surface area contributed by atoms with Crippen LogP contribution in [0.5, 0.6) is 0 Å². The van der Waals surface area contributed by atoms with Crippen molar-refractivity contribution in [2.75, 3.05) is 18.4 Å². The molecule has 7 nitrogen and oxygen atoms in total. The highest BCUT2D eigenvalue weighted by atomic mass is 19.1. The van der Waals surface area contributed by atoms with Crippen molar-refractivity contribution in [2.24, 2.45) is 0 Å². The molecule has 0 aromatic heterocycles. The van der Waals surface area contributed by atoms with Gasteiger partial charge >= 0.3 is 6.03 Å². The SMILES string of the molecule is O=C(Nc1ccc(F)cc1F)NC1CC2C(=O)N3CCCC3C(=O)N2C1. The topological polar surface area (TPSA) is 81.8 Å². The van der Waals surface area contributed by atoms with E-state index in [1.165, 1.54) is 4.90 Å². The predicted octanol–water partition coefficient (Wildman–Crippen LogP) is 1.06. The van der Waals surface area contributed by atoms with Gasteiger partial charge in [0, 0.05) is 19.2 Å². The minimum absolute atomic E-state index is 0.0682. The number of anilines is 1. The Hall–Kier alpha value is -2.71. The van der Waals surface area contributed by atoms with Gasteiger partial charge in [0.1, 0.15) is 23.7 Å². The molecular weight excluding hydrogens is 346 g/mol. The van der Waals surface area contributed by atoms with E-state index in [1.807, 2.05) is 0 Å². The number of rotatable bonds is 2. The first-order valence-corrected chi connectivity index (χ1v) is 8.57. The third-order valence-electron chi connectivity index (χ3n) is 5.20. The lowest BCUT2D eigenvalue weighted by Gasteiger charge is -2.38. The number of urea groups is 1. The molecular formula is C17H18F2N4O3. The first kappa shape index (κ1) is 16.7. The van der Waals surface area contributed by atoms with E-state index in [1.54, 1.807) is 4.90 Å². The molecule has 3 aliphatic rings. The van der Waals surface area contributed by atoms with Gasteiger partial charge in [-0.25, -0.2) is 13.6 Å². The van der Waals surface area contributed by atoms with E-state index in [-0.39, 0.29) is 30.1 Å². The van der Waals surface area contributed by atoms with Crippen LogP contribution in [0.2, 0.25) is 0 Å². The summed E-state index contributed by atoms with van der Waals surface area (Å²) in [5, 5.41) is 4.97. The van der Waals surface area contributed by atoms with Gasteiger partial charge in [-0.1, -0.05) is 0 Å². The van der Waals surface area contributed by atoms with Gasteiger partial charge in [-0.05, 0) is 31.4 Å². The first-order chi connectivity index (χ1) is 12.4. The van der Waals surface area contributed by atoms with E-state index >= 15 is 0 Å². The summed E-state index contributed by atoms with van der Waals surface area (Å²) < 4.78 is 26.5. The maximum atomic E-state index is 13.6. The van der Waals surface area contributed by atoms with Crippen LogP contribution < -0.4 is 10.6 Å². The third-order valence-corrected chi connectivity index (χ3v) is 5.20. The molecule has 3 atom stereocenters. The van der Waals surface area contributed by atoms with Crippen LogP contribution in [0.15, 0.2) is 18.2 Å². The second-order valence-corrected chi connectivity index (χ2v) is 6.85. The molecule has 1 aromatic rings. The minimum atomic E-state index is -0.880. The second-order valence-electron chi connectivity index (χ2n) is 6.85. The molecule has 3 unspecified atom stereocenters. The Balaban J connectivity index is 1.40. The summed E-state index contributed by atoms with van der Waals surface area (Å²) in [5.41, 5.74) is -0.146. The molecule has 3 aliphatic heterocycles. The van der Waals surface area contributed by atoms with E-state index in [9.17, 15) is 23.2 Å². The normalized spacial score (nSPS) is 27.4. The Morgan fingerprint density at radius 3 is 2.65 bits per heavy atom. The van der Waals surface area contributed by atoms with Crippen molar-refractivity contribution >= 4 is 23.5 Å². The van der Waals surface area contributed by atoms with E-state index in [0.717, 1.165) is 18.6 Å². The fraction of sp³-hybridized carbons (Fsp3) is 0.471. The van der Waals surface area contributed by atoms with Crippen LogP contribution >= 0.6 is 0 Å². The summed E-state index contributed by atoms with van der Waals surface area (Å²) >= 11 is 0. The van der Waals surface area contributed by atoms with E-state index in [2.05, 4.69) is 10.6 Å². The molecule has 3 saturated heterocycles. The van der Waals surface area contributed by atoms with E-state index in [4.69, 9.17) is 0 Å². The van der Waals surface area contributed by atoms with Gasteiger partial charge in [-0.15, -0.1) is 0 Å². The molecule has 2 N–H and O–H groups in total. The zero-order chi connectivity index (χ0) is 18.4.